The van der Waals surface area contributed by atoms with Gasteiger partial charge in [0.2, 0.25) is 0 Å². The molecule has 5 heteroatoms. The van der Waals surface area contributed by atoms with E-state index in [-0.39, 0.29) is 29.3 Å². The molecule has 1 heterocycles. The van der Waals surface area contributed by atoms with Gasteiger partial charge in [0, 0.05) is 5.41 Å². The Kier molecular flexibility index (Phi) is 12.2. The number of carbonyl (C=O) groups excluding carboxylic acids is 2. The molecule has 0 aliphatic carbocycles. The topological polar surface area (TPSA) is 83.8 Å². The summed E-state index contributed by atoms with van der Waals surface area (Å²) in [4.78, 5) is 22.1. The first-order valence-corrected chi connectivity index (χ1v) is 13.2. The van der Waals surface area contributed by atoms with Gasteiger partial charge in [-0.05, 0) is 48.2 Å². The third-order valence-electron chi connectivity index (χ3n) is 6.67. The van der Waals surface area contributed by atoms with Crippen LogP contribution in [0.25, 0.3) is 0 Å². The Hall–Kier alpha value is -3.08. The maximum atomic E-state index is 11.2. The summed E-state index contributed by atoms with van der Waals surface area (Å²) in [5, 5.41) is 18.6. The number of esters is 2. The molecule has 5 nitrogen and oxygen atoms in total. The fourth-order valence-electron chi connectivity index (χ4n) is 4.22. The van der Waals surface area contributed by atoms with Crippen molar-refractivity contribution in [3.63, 3.8) is 0 Å². The van der Waals surface area contributed by atoms with Crippen molar-refractivity contribution in [2.75, 3.05) is 0 Å². The molecule has 196 valence electrons. The zero-order valence-electron chi connectivity index (χ0n) is 22.0. The van der Waals surface area contributed by atoms with E-state index in [4.69, 9.17) is 0 Å². The fraction of sp³-hybridized carbons (Fsp3) is 0.484. The van der Waals surface area contributed by atoms with E-state index >= 15 is 0 Å². The zero-order chi connectivity index (χ0) is 26.4. The quantitative estimate of drug-likeness (QED) is 0.137. The normalized spacial score (nSPS) is 15.6. The van der Waals surface area contributed by atoms with Crippen LogP contribution < -0.4 is 0 Å². The summed E-state index contributed by atoms with van der Waals surface area (Å²) < 4.78 is 4.49. The van der Waals surface area contributed by atoms with Crippen molar-refractivity contribution in [2.45, 2.75) is 90.4 Å². The van der Waals surface area contributed by atoms with E-state index in [0.717, 1.165) is 17.5 Å². The molecule has 0 amide bonds. The molecule has 2 aromatic rings. The molecule has 36 heavy (non-hydrogen) atoms. The number of hydrogen-bond donors (Lipinski definition) is 2. The van der Waals surface area contributed by atoms with Gasteiger partial charge in [0.25, 0.3) is 0 Å². The average Bonchev–Trinajstić information content (AvgIpc) is 3.18. The van der Waals surface area contributed by atoms with Crippen LogP contribution in [0.1, 0.15) is 96.1 Å². The maximum Gasteiger partial charge on any atom is 0.321 e. The summed E-state index contributed by atoms with van der Waals surface area (Å²) in [5.41, 5.74) is 2.10. The number of carbonyl (C=O) groups is 2. The Morgan fingerprint density at radius 3 is 1.72 bits per heavy atom. The van der Waals surface area contributed by atoms with E-state index < -0.39 is 11.9 Å². The second-order valence-corrected chi connectivity index (χ2v) is 10.0. The van der Waals surface area contributed by atoms with Crippen LogP contribution in [-0.4, -0.2) is 22.2 Å². The lowest BCUT2D eigenvalue weighted by atomic mass is 9.78. The van der Waals surface area contributed by atoms with Crippen LogP contribution in [0.5, 0.6) is 11.5 Å². The molecule has 1 aliphatic heterocycles. The van der Waals surface area contributed by atoms with E-state index in [0.29, 0.717) is 0 Å². The predicted molar refractivity (Wildman–Crippen MR) is 144 cm³/mol. The minimum atomic E-state index is -0.397. The number of cyclic esters (lactones) is 2. The van der Waals surface area contributed by atoms with Gasteiger partial charge in [0.05, 0.1) is 12.3 Å². The number of ether oxygens (including phenoxy) is 1. The highest BCUT2D eigenvalue weighted by Gasteiger charge is 2.30. The van der Waals surface area contributed by atoms with Crippen LogP contribution in [0, 0.1) is 5.92 Å². The molecule has 2 N–H and O–H groups in total. The Morgan fingerprint density at radius 1 is 0.806 bits per heavy atom. The van der Waals surface area contributed by atoms with Gasteiger partial charge < -0.3 is 14.9 Å². The third kappa shape index (κ3) is 9.88. The largest absolute Gasteiger partial charge is 0.508 e. The van der Waals surface area contributed by atoms with Crippen molar-refractivity contribution in [3.05, 3.63) is 71.8 Å². The first-order valence-electron chi connectivity index (χ1n) is 13.2. The Bertz CT molecular complexity index is 910. The molecule has 1 saturated heterocycles. The van der Waals surface area contributed by atoms with Crippen molar-refractivity contribution in [1.29, 1.82) is 0 Å². The van der Waals surface area contributed by atoms with Crippen molar-refractivity contribution in [3.8, 4) is 11.5 Å². The van der Waals surface area contributed by atoms with Crippen LogP contribution in [0.2, 0.25) is 0 Å². The van der Waals surface area contributed by atoms with Gasteiger partial charge >= 0.3 is 11.9 Å². The standard InChI is InChI=1S/C16H26O3.C15H16O2/c1-2-3-4-5-6-7-8-9-10-11-12-14-13-15(17)19-16(14)18;1-15(2,11-3-7-13(16)8-4-11)12-5-9-14(17)10-6-12/h11-12,14H,2-10,13H2,1H3;3-10,16-17H,1-2H3. The third-order valence-corrected chi connectivity index (χ3v) is 6.67. The highest BCUT2D eigenvalue weighted by molar-refractivity contribution is 5.95. The fourth-order valence-corrected chi connectivity index (χ4v) is 4.22. The van der Waals surface area contributed by atoms with E-state index in [1.54, 1.807) is 24.3 Å². The highest BCUT2D eigenvalue weighted by atomic mass is 16.6. The predicted octanol–water partition coefficient (Wildman–Crippen LogP) is 7.59. The van der Waals surface area contributed by atoms with E-state index in [2.05, 4.69) is 25.5 Å². The van der Waals surface area contributed by atoms with Crippen molar-refractivity contribution < 1.29 is 24.5 Å². The summed E-state index contributed by atoms with van der Waals surface area (Å²) >= 11 is 0. The number of allylic oxidation sites excluding steroid dienone is 1. The number of unbranched alkanes of at least 4 members (excludes halogenated alkanes) is 8. The summed E-state index contributed by atoms with van der Waals surface area (Å²) in [7, 11) is 0. The summed E-state index contributed by atoms with van der Waals surface area (Å²) in [6.45, 7) is 6.47. The molecule has 0 spiro atoms. The zero-order valence-corrected chi connectivity index (χ0v) is 22.0. The van der Waals surface area contributed by atoms with Crippen LogP contribution in [0.15, 0.2) is 60.7 Å². The van der Waals surface area contributed by atoms with Gasteiger partial charge in [-0.3, -0.25) is 9.59 Å². The van der Waals surface area contributed by atoms with Crippen molar-refractivity contribution in [1.82, 2.24) is 0 Å². The SMILES string of the molecule is CC(C)(c1ccc(O)cc1)c1ccc(O)cc1.CCCCCCCCCCC=CC1CC(=O)OC1=O. The van der Waals surface area contributed by atoms with Crippen LogP contribution >= 0.6 is 0 Å². The van der Waals surface area contributed by atoms with Crippen LogP contribution in [0.3, 0.4) is 0 Å². The first-order chi connectivity index (χ1) is 17.2. The monoisotopic (exact) mass is 494 g/mol. The molecule has 0 radical (unpaired) electrons. The summed E-state index contributed by atoms with van der Waals surface area (Å²) in [6.07, 6.45) is 15.5. The molecule has 0 saturated carbocycles. The van der Waals surface area contributed by atoms with Gasteiger partial charge in [-0.25, -0.2) is 0 Å². The molecule has 0 aromatic heterocycles. The molecule has 3 rings (SSSR count). The maximum absolute atomic E-state index is 11.2. The number of phenols is 2. The Labute approximate surface area is 216 Å². The number of benzene rings is 2. The molecular formula is C31H42O5. The summed E-state index contributed by atoms with van der Waals surface area (Å²) in [5.74, 6) is -0.573. The highest BCUT2D eigenvalue weighted by Crippen LogP contribution is 2.32. The molecule has 1 fully saturated rings. The van der Waals surface area contributed by atoms with Crippen molar-refractivity contribution >= 4 is 11.9 Å². The Morgan fingerprint density at radius 2 is 1.28 bits per heavy atom. The van der Waals surface area contributed by atoms with Crippen molar-refractivity contribution in [2.24, 2.45) is 5.92 Å². The van der Waals surface area contributed by atoms with Crippen LogP contribution in [-0.2, 0) is 19.7 Å². The lowest BCUT2D eigenvalue weighted by molar-refractivity contribution is -0.152. The minimum Gasteiger partial charge on any atom is -0.508 e. The molecule has 2 aromatic carbocycles. The summed E-state index contributed by atoms with van der Waals surface area (Å²) in [6, 6.07) is 14.4. The number of rotatable bonds is 12. The molecular weight excluding hydrogens is 452 g/mol. The Balaban J connectivity index is 0.000000255. The average molecular weight is 495 g/mol. The minimum absolute atomic E-state index is 0.151. The van der Waals surface area contributed by atoms with E-state index in [9.17, 15) is 19.8 Å². The first kappa shape index (κ1) is 29.2. The number of phenolic OH excluding ortho intramolecular Hbond substituents is 2. The van der Waals surface area contributed by atoms with E-state index in [1.807, 2.05) is 36.4 Å². The van der Waals surface area contributed by atoms with Gasteiger partial charge in [-0.1, -0.05) is 102 Å². The lowest BCUT2D eigenvalue weighted by Gasteiger charge is -2.26. The van der Waals surface area contributed by atoms with Gasteiger partial charge in [-0.2, -0.15) is 0 Å². The van der Waals surface area contributed by atoms with Gasteiger partial charge in [-0.15, -0.1) is 0 Å². The second kappa shape index (κ2) is 15.1. The molecule has 1 unspecified atom stereocenters. The number of aromatic hydroxyl groups is 2. The van der Waals surface area contributed by atoms with Gasteiger partial charge in [0.15, 0.2) is 0 Å². The molecule has 0 bridgehead atoms. The molecule has 1 aliphatic rings. The van der Waals surface area contributed by atoms with E-state index in [1.165, 1.54) is 51.4 Å². The van der Waals surface area contributed by atoms with Gasteiger partial charge in [0.1, 0.15) is 11.5 Å². The van der Waals surface area contributed by atoms with Crippen LogP contribution in [0.4, 0.5) is 0 Å². The molecule has 1 atom stereocenters. The lowest BCUT2D eigenvalue weighted by Crippen LogP contribution is -2.18. The second-order valence-electron chi connectivity index (χ2n) is 10.0. The number of hydrogen-bond acceptors (Lipinski definition) is 5. The smallest absolute Gasteiger partial charge is 0.321 e.